The monoisotopic (exact) mass is 254 g/mol. The summed E-state index contributed by atoms with van der Waals surface area (Å²) in [6, 6.07) is 12.7. The van der Waals surface area contributed by atoms with Crippen LogP contribution >= 0.6 is 0 Å². The van der Waals surface area contributed by atoms with Crippen LogP contribution in [0, 0.1) is 6.92 Å². The lowest BCUT2D eigenvalue weighted by Gasteiger charge is -2.21. The maximum atomic E-state index is 4.42. The first kappa shape index (κ1) is 13.6. The van der Waals surface area contributed by atoms with Crippen molar-refractivity contribution in [1.82, 2.24) is 4.98 Å². The first-order chi connectivity index (χ1) is 9.09. The van der Waals surface area contributed by atoms with Gasteiger partial charge in [0.05, 0.1) is 11.7 Å². The van der Waals surface area contributed by atoms with Gasteiger partial charge in [0.2, 0.25) is 0 Å². The van der Waals surface area contributed by atoms with E-state index in [0.717, 1.165) is 5.69 Å². The van der Waals surface area contributed by atoms with Crippen LogP contribution in [0.3, 0.4) is 0 Å². The summed E-state index contributed by atoms with van der Waals surface area (Å²) in [7, 11) is 0. The largest absolute Gasteiger partial charge is 0.377 e. The number of nitrogens with zero attached hydrogens (tertiary/aromatic N) is 1. The van der Waals surface area contributed by atoms with Gasteiger partial charge in [-0.15, -0.1) is 0 Å². The smallest absolute Gasteiger partial charge is 0.0657 e. The third kappa shape index (κ3) is 3.14. The van der Waals surface area contributed by atoms with E-state index < -0.39 is 0 Å². The van der Waals surface area contributed by atoms with Crippen molar-refractivity contribution in [3.05, 3.63) is 59.4 Å². The molecule has 2 rings (SSSR count). The van der Waals surface area contributed by atoms with Crippen molar-refractivity contribution < 1.29 is 0 Å². The van der Waals surface area contributed by atoms with Crippen LogP contribution in [-0.2, 0) is 0 Å². The van der Waals surface area contributed by atoms with Gasteiger partial charge in [-0.1, -0.05) is 38.1 Å². The molecule has 1 unspecified atom stereocenters. The molecule has 19 heavy (non-hydrogen) atoms. The molecule has 1 aromatic carbocycles. The van der Waals surface area contributed by atoms with Crippen LogP contribution in [0.5, 0.6) is 0 Å². The van der Waals surface area contributed by atoms with Gasteiger partial charge in [-0.05, 0) is 43.0 Å². The van der Waals surface area contributed by atoms with Crippen molar-refractivity contribution in [3.63, 3.8) is 0 Å². The third-order valence-electron chi connectivity index (χ3n) is 3.42. The number of benzene rings is 1. The van der Waals surface area contributed by atoms with Crippen LogP contribution in [0.4, 0.5) is 5.69 Å². The normalized spacial score (nSPS) is 12.5. The van der Waals surface area contributed by atoms with Gasteiger partial charge in [0.1, 0.15) is 0 Å². The molecule has 0 radical (unpaired) electrons. The van der Waals surface area contributed by atoms with E-state index in [1.165, 1.54) is 16.8 Å². The molecule has 2 heteroatoms. The summed E-state index contributed by atoms with van der Waals surface area (Å²) >= 11 is 0. The van der Waals surface area contributed by atoms with Crippen LogP contribution in [0.2, 0.25) is 0 Å². The molecule has 0 bridgehead atoms. The molecule has 0 aliphatic heterocycles. The number of anilines is 1. The van der Waals surface area contributed by atoms with E-state index in [1.54, 1.807) is 0 Å². The zero-order valence-electron chi connectivity index (χ0n) is 12.1. The predicted octanol–water partition coefficient (Wildman–Crippen LogP) is 4.69. The Bertz CT molecular complexity index is 532. The minimum atomic E-state index is 0.208. The summed E-state index contributed by atoms with van der Waals surface area (Å²) in [5.41, 5.74) is 4.97. The summed E-state index contributed by atoms with van der Waals surface area (Å²) in [6.07, 6.45) is 1.84. The average molecular weight is 254 g/mol. The topological polar surface area (TPSA) is 24.9 Å². The van der Waals surface area contributed by atoms with Crippen molar-refractivity contribution in [2.75, 3.05) is 5.32 Å². The van der Waals surface area contributed by atoms with E-state index in [4.69, 9.17) is 0 Å². The van der Waals surface area contributed by atoms with Crippen molar-refractivity contribution in [3.8, 4) is 0 Å². The van der Waals surface area contributed by atoms with E-state index in [0.29, 0.717) is 5.92 Å². The average Bonchev–Trinajstić information content (AvgIpc) is 2.41. The lowest BCUT2D eigenvalue weighted by Crippen LogP contribution is -2.11. The number of aryl methyl sites for hydroxylation is 1. The van der Waals surface area contributed by atoms with Gasteiger partial charge in [-0.25, -0.2) is 0 Å². The Morgan fingerprint density at radius 3 is 2.42 bits per heavy atom. The third-order valence-corrected chi connectivity index (χ3v) is 3.42. The maximum absolute atomic E-state index is 4.42. The van der Waals surface area contributed by atoms with Crippen LogP contribution in [0.1, 0.15) is 49.6 Å². The molecule has 2 nitrogen and oxygen atoms in total. The van der Waals surface area contributed by atoms with Crippen LogP contribution in [0.15, 0.2) is 42.6 Å². The van der Waals surface area contributed by atoms with Crippen LogP contribution in [0.25, 0.3) is 0 Å². The Morgan fingerprint density at radius 2 is 1.79 bits per heavy atom. The zero-order valence-corrected chi connectivity index (χ0v) is 12.1. The first-order valence-electron chi connectivity index (χ1n) is 6.86. The van der Waals surface area contributed by atoms with E-state index in [9.17, 15) is 0 Å². The summed E-state index contributed by atoms with van der Waals surface area (Å²) < 4.78 is 0. The summed E-state index contributed by atoms with van der Waals surface area (Å²) in [5, 5.41) is 3.61. The summed E-state index contributed by atoms with van der Waals surface area (Å²) in [5.74, 6) is 0.512. The van der Waals surface area contributed by atoms with Gasteiger partial charge in [-0.2, -0.15) is 0 Å². The number of nitrogens with one attached hydrogen (secondary N) is 1. The fourth-order valence-electron chi connectivity index (χ4n) is 2.29. The molecule has 0 spiro atoms. The second kappa shape index (κ2) is 5.87. The highest BCUT2D eigenvalue weighted by Crippen LogP contribution is 2.30. The highest BCUT2D eigenvalue weighted by atomic mass is 14.9. The van der Waals surface area contributed by atoms with Gasteiger partial charge in [-0.3, -0.25) is 4.98 Å². The summed E-state index contributed by atoms with van der Waals surface area (Å²) in [4.78, 5) is 4.42. The maximum Gasteiger partial charge on any atom is 0.0657 e. The molecular weight excluding hydrogens is 232 g/mol. The van der Waals surface area contributed by atoms with Gasteiger partial charge in [0.15, 0.2) is 0 Å². The van der Waals surface area contributed by atoms with Crippen molar-refractivity contribution >= 4 is 5.69 Å². The fraction of sp³-hybridized carbons (Fsp3) is 0.353. The standard InChI is InChI=1S/C17H22N2/c1-12(2)15-9-7-8-13(3)17(15)19-14(4)16-10-5-6-11-18-16/h5-12,14,19H,1-4H3. The first-order valence-corrected chi connectivity index (χ1v) is 6.86. The molecule has 100 valence electrons. The molecule has 0 aliphatic rings. The number of para-hydroxylation sites is 1. The van der Waals surface area contributed by atoms with Crippen LogP contribution < -0.4 is 5.32 Å². The van der Waals surface area contributed by atoms with Crippen molar-refractivity contribution in [2.24, 2.45) is 0 Å². The molecule has 2 aromatic rings. The molecule has 0 aliphatic carbocycles. The van der Waals surface area contributed by atoms with E-state index in [-0.39, 0.29) is 6.04 Å². The molecular formula is C17H22N2. The molecule has 0 saturated heterocycles. The Morgan fingerprint density at radius 1 is 1.00 bits per heavy atom. The fourth-order valence-corrected chi connectivity index (χ4v) is 2.29. The summed E-state index contributed by atoms with van der Waals surface area (Å²) in [6.45, 7) is 8.76. The molecule has 1 atom stereocenters. The second-order valence-electron chi connectivity index (χ2n) is 5.31. The van der Waals surface area contributed by atoms with Crippen LogP contribution in [-0.4, -0.2) is 4.98 Å². The number of hydrogen-bond acceptors (Lipinski definition) is 2. The van der Waals surface area contributed by atoms with Gasteiger partial charge >= 0.3 is 0 Å². The molecule has 0 amide bonds. The Hall–Kier alpha value is -1.83. The Balaban J connectivity index is 2.28. The van der Waals surface area contributed by atoms with Gasteiger partial charge < -0.3 is 5.32 Å². The minimum Gasteiger partial charge on any atom is -0.377 e. The SMILES string of the molecule is Cc1cccc(C(C)C)c1NC(C)c1ccccn1. The number of rotatable bonds is 4. The molecule has 1 aromatic heterocycles. The second-order valence-corrected chi connectivity index (χ2v) is 5.31. The van der Waals surface area contributed by atoms with Crippen molar-refractivity contribution in [2.45, 2.75) is 39.7 Å². The predicted molar refractivity (Wildman–Crippen MR) is 81.5 cm³/mol. The molecule has 1 N–H and O–H groups in total. The van der Waals surface area contributed by atoms with E-state index >= 15 is 0 Å². The quantitative estimate of drug-likeness (QED) is 0.856. The number of hydrogen-bond donors (Lipinski definition) is 1. The lowest BCUT2D eigenvalue weighted by molar-refractivity contribution is 0.816. The number of pyridine rings is 1. The minimum absolute atomic E-state index is 0.208. The van der Waals surface area contributed by atoms with Gasteiger partial charge in [0.25, 0.3) is 0 Å². The highest BCUT2D eigenvalue weighted by molar-refractivity contribution is 5.59. The molecule has 0 saturated carbocycles. The zero-order chi connectivity index (χ0) is 13.8. The van der Waals surface area contributed by atoms with E-state index in [1.807, 2.05) is 18.3 Å². The molecule has 0 fully saturated rings. The molecule has 1 heterocycles. The lowest BCUT2D eigenvalue weighted by atomic mass is 9.97. The van der Waals surface area contributed by atoms with Crippen molar-refractivity contribution in [1.29, 1.82) is 0 Å². The Labute approximate surface area is 115 Å². The highest BCUT2D eigenvalue weighted by Gasteiger charge is 2.12. The number of aromatic nitrogens is 1. The van der Waals surface area contributed by atoms with E-state index in [2.05, 4.69) is 62.3 Å². The Kier molecular flexibility index (Phi) is 4.20. The van der Waals surface area contributed by atoms with Gasteiger partial charge in [0, 0.05) is 11.9 Å².